The summed E-state index contributed by atoms with van der Waals surface area (Å²) in [5.74, 6) is -0.757. The zero-order chi connectivity index (χ0) is 16.9. The molecule has 24 heavy (non-hydrogen) atoms. The van der Waals surface area contributed by atoms with Gasteiger partial charge in [-0.2, -0.15) is 11.3 Å². The van der Waals surface area contributed by atoms with Crippen LogP contribution in [0.3, 0.4) is 0 Å². The molecule has 0 aliphatic carbocycles. The van der Waals surface area contributed by atoms with E-state index in [1.807, 2.05) is 16.8 Å². The molecule has 0 bridgehead atoms. The summed E-state index contributed by atoms with van der Waals surface area (Å²) in [5.41, 5.74) is 0.912. The van der Waals surface area contributed by atoms with Gasteiger partial charge in [0.2, 0.25) is 0 Å². The molecule has 124 valence electrons. The van der Waals surface area contributed by atoms with Crippen molar-refractivity contribution in [3.63, 3.8) is 0 Å². The van der Waals surface area contributed by atoms with Gasteiger partial charge < -0.3 is 19.4 Å². The van der Waals surface area contributed by atoms with Gasteiger partial charge in [-0.1, -0.05) is 5.16 Å². The average molecular weight is 347 g/mol. The Kier molecular flexibility index (Phi) is 4.73. The highest BCUT2D eigenvalue weighted by Crippen LogP contribution is 2.26. The van der Waals surface area contributed by atoms with Crippen molar-refractivity contribution in [3.8, 4) is 11.3 Å². The normalized spacial score (nSPS) is 11.9. The first kappa shape index (κ1) is 16.0. The Bertz CT molecular complexity index is 810. The molecule has 9 heteroatoms. The molecule has 3 N–H and O–H groups in total. The summed E-state index contributed by atoms with van der Waals surface area (Å²) in [5, 5.41) is 21.9. The highest BCUT2D eigenvalue weighted by atomic mass is 32.1. The third-order valence-electron chi connectivity index (χ3n) is 3.10. The lowest BCUT2D eigenvalue weighted by Crippen LogP contribution is -2.37. The Morgan fingerprint density at radius 2 is 2.12 bits per heavy atom. The van der Waals surface area contributed by atoms with Crippen LogP contribution in [0.2, 0.25) is 0 Å². The molecule has 0 saturated heterocycles. The number of aliphatic hydroxyl groups excluding tert-OH is 1. The molecule has 1 atom stereocenters. The molecule has 3 aromatic rings. The van der Waals surface area contributed by atoms with Crippen LogP contribution in [0.1, 0.15) is 11.9 Å². The van der Waals surface area contributed by atoms with Crippen molar-refractivity contribution in [1.82, 2.24) is 10.5 Å². The van der Waals surface area contributed by atoms with E-state index in [2.05, 4.69) is 20.3 Å². The number of carbonyl (C=O) groups excluding carboxylic acids is 2. The minimum atomic E-state index is -1.07. The maximum Gasteiger partial charge on any atom is 0.314 e. The third kappa shape index (κ3) is 3.70. The minimum absolute atomic E-state index is 0.127. The number of anilines is 1. The molecule has 0 saturated carbocycles. The fraction of sp³-hybridized carbons (Fsp3) is 0.133. The second kappa shape index (κ2) is 7.11. The van der Waals surface area contributed by atoms with Crippen molar-refractivity contribution in [2.24, 2.45) is 0 Å². The molecule has 3 rings (SSSR count). The summed E-state index contributed by atoms with van der Waals surface area (Å²) < 4.78 is 10.1. The fourth-order valence-corrected chi connectivity index (χ4v) is 2.56. The Labute approximate surface area is 140 Å². The second-order valence-electron chi connectivity index (χ2n) is 4.78. The van der Waals surface area contributed by atoms with E-state index in [0.29, 0.717) is 11.5 Å². The van der Waals surface area contributed by atoms with Gasteiger partial charge in [0.15, 0.2) is 5.82 Å². The van der Waals surface area contributed by atoms with E-state index in [4.69, 9.17) is 4.42 Å². The van der Waals surface area contributed by atoms with Crippen molar-refractivity contribution in [2.75, 3.05) is 11.9 Å². The molecule has 0 aliphatic heterocycles. The van der Waals surface area contributed by atoms with E-state index < -0.39 is 17.9 Å². The number of aromatic nitrogens is 1. The predicted octanol–water partition coefficient (Wildman–Crippen LogP) is 1.78. The van der Waals surface area contributed by atoms with Gasteiger partial charge in [0, 0.05) is 17.0 Å². The molecular weight excluding hydrogens is 334 g/mol. The zero-order valence-corrected chi connectivity index (χ0v) is 13.1. The standard InChI is InChI=1S/C15H13N3O5S/c19-10(12-2-1-11(23-12)9-4-6-24-8-9)7-16-14(20)15(21)17-13-3-5-22-18-13/h1-6,8,10,19H,7H2,(H,16,20)(H,17,18,21)/t10-/m0/s1. The number of hydrogen-bond acceptors (Lipinski definition) is 7. The van der Waals surface area contributed by atoms with Gasteiger partial charge in [-0.15, -0.1) is 0 Å². The van der Waals surface area contributed by atoms with Gasteiger partial charge >= 0.3 is 11.8 Å². The van der Waals surface area contributed by atoms with Gasteiger partial charge in [0.25, 0.3) is 0 Å². The van der Waals surface area contributed by atoms with Crippen LogP contribution in [0, 0.1) is 0 Å². The SMILES string of the molecule is O=C(NC[C@H](O)c1ccc(-c2ccsc2)o1)C(=O)Nc1ccon1. The van der Waals surface area contributed by atoms with Gasteiger partial charge in [-0.25, -0.2) is 0 Å². The molecule has 3 heterocycles. The molecule has 0 fully saturated rings. The van der Waals surface area contributed by atoms with E-state index in [-0.39, 0.29) is 12.4 Å². The highest BCUT2D eigenvalue weighted by molar-refractivity contribution is 7.08. The van der Waals surface area contributed by atoms with E-state index in [1.54, 1.807) is 12.1 Å². The van der Waals surface area contributed by atoms with Gasteiger partial charge in [0.05, 0.1) is 6.54 Å². The van der Waals surface area contributed by atoms with Crippen LogP contribution in [-0.4, -0.2) is 28.6 Å². The molecule has 0 unspecified atom stereocenters. The Hall–Kier alpha value is -2.91. The molecular formula is C15H13N3O5S. The zero-order valence-electron chi connectivity index (χ0n) is 12.3. The number of hydrogen-bond donors (Lipinski definition) is 3. The first-order valence-electron chi connectivity index (χ1n) is 6.93. The van der Waals surface area contributed by atoms with E-state index in [0.717, 1.165) is 5.56 Å². The van der Waals surface area contributed by atoms with Crippen LogP contribution in [0.4, 0.5) is 5.82 Å². The third-order valence-corrected chi connectivity index (χ3v) is 3.79. The fourth-order valence-electron chi connectivity index (χ4n) is 1.91. The summed E-state index contributed by atoms with van der Waals surface area (Å²) in [6.45, 7) is -0.165. The van der Waals surface area contributed by atoms with Gasteiger partial charge in [-0.3, -0.25) is 14.9 Å². The van der Waals surface area contributed by atoms with Crippen LogP contribution in [0.15, 0.2) is 50.2 Å². The second-order valence-corrected chi connectivity index (χ2v) is 5.56. The quantitative estimate of drug-likeness (QED) is 0.606. The summed E-state index contributed by atoms with van der Waals surface area (Å²) >= 11 is 1.54. The number of nitrogens with zero attached hydrogens (tertiary/aromatic N) is 1. The van der Waals surface area contributed by atoms with Crippen LogP contribution in [0.5, 0.6) is 0 Å². The van der Waals surface area contributed by atoms with Gasteiger partial charge in [-0.05, 0) is 23.6 Å². The predicted molar refractivity (Wildman–Crippen MR) is 85.1 cm³/mol. The first-order chi connectivity index (χ1) is 11.6. The largest absolute Gasteiger partial charge is 0.458 e. The van der Waals surface area contributed by atoms with Crippen LogP contribution in [-0.2, 0) is 9.59 Å². The number of furan rings is 1. The maximum atomic E-state index is 11.7. The molecule has 3 aromatic heterocycles. The summed E-state index contributed by atoms with van der Waals surface area (Å²) in [7, 11) is 0. The van der Waals surface area contributed by atoms with Gasteiger partial charge in [0.1, 0.15) is 23.9 Å². The lowest BCUT2D eigenvalue weighted by molar-refractivity contribution is -0.136. The smallest absolute Gasteiger partial charge is 0.314 e. The number of amides is 2. The Morgan fingerprint density at radius 1 is 1.25 bits per heavy atom. The molecule has 0 spiro atoms. The average Bonchev–Trinajstić information content (AvgIpc) is 3.32. The molecule has 8 nitrogen and oxygen atoms in total. The number of rotatable bonds is 5. The minimum Gasteiger partial charge on any atom is -0.458 e. The van der Waals surface area contributed by atoms with E-state index in [1.165, 1.54) is 23.7 Å². The van der Waals surface area contributed by atoms with Crippen LogP contribution in [0.25, 0.3) is 11.3 Å². The molecule has 0 aromatic carbocycles. The summed E-state index contributed by atoms with van der Waals surface area (Å²) in [4.78, 5) is 23.3. The molecule has 0 radical (unpaired) electrons. The van der Waals surface area contributed by atoms with Crippen LogP contribution >= 0.6 is 11.3 Å². The number of thiophene rings is 1. The monoisotopic (exact) mass is 347 g/mol. The van der Waals surface area contributed by atoms with E-state index >= 15 is 0 Å². The topological polar surface area (TPSA) is 118 Å². The number of aliphatic hydroxyl groups is 1. The summed E-state index contributed by atoms with van der Waals surface area (Å²) in [6.07, 6.45) is 0.195. The van der Waals surface area contributed by atoms with Crippen molar-refractivity contribution in [3.05, 3.63) is 47.0 Å². The molecule has 2 amide bonds. The first-order valence-corrected chi connectivity index (χ1v) is 7.87. The summed E-state index contributed by atoms with van der Waals surface area (Å²) in [6, 6.07) is 6.66. The van der Waals surface area contributed by atoms with Crippen molar-refractivity contribution in [2.45, 2.75) is 6.10 Å². The Morgan fingerprint density at radius 3 is 2.83 bits per heavy atom. The van der Waals surface area contributed by atoms with Crippen LogP contribution < -0.4 is 10.6 Å². The lowest BCUT2D eigenvalue weighted by Gasteiger charge is -2.09. The maximum absolute atomic E-state index is 11.7. The van der Waals surface area contributed by atoms with Crippen molar-refractivity contribution in [1.29, 1.82) is 0 Å². The van der Waals surface area contributed by atoms with Crippen molar-refractivity contribution >= 4 is 29.0 Å². The molecule has 0 aliphatic rings. The van der Waals surface area contributed by atoms with E-state index in [9.17, 15) is 14.7 Å². The van der Waals surface area contributed by atoms with Crippen molar-refractivity contribution < 1.29 is 23.6 Å². The number of nitrogens with one attached hydrogen (secondary N) is 2. The lowest BCUT2D eigenvalue weighted by atomic mass is 10.2. The highest BCUT2D eigenvalue weighted by Gasteiger charge is 2.19. The number of carbonyl (C=O) groups is 2. The Balaban J connectivity index is 1.52.